The van der Waals surface area contributed by atoms with Gasteiger partial charge in [-0.2, -0.15) is 0 Å². The minimum absolute atomic E-state index is 0.968. The maximum atomic E-state index is 4.66. The Labute approximate surface area is 105 Å². The van der Waals surface area contributed by atoms with Crippen LogP contribution in [0, 0.1) is 0 Å². The Morgan fingerprint density at radius 3 is 3.06 bits per heavy atom. The third-order valence-corrected chi connectivity index (χ3v) is 3.51. The summed E-state index contributed by atoms with van der Waals surface area (Å²) in [6.07, 6.45) is 2.02. The lowest BCUT2D eigenvalue weighted by atomic mass is 10.2. The summed E-state index contributed by atoms with van der Waals surface area (Å²) >= 11 is 3.50. The summed E-state index contributed by atoms with van der Waals surface area (Å²) in [6, 6.07) is 12.2. The molecular weight excluding hydrogens is 278 g/mol. The van der Waals surface area contributed by atoms with E-state index in [9.17, 15) is 0 Å². The normalized spacial score (nSPS) is 11.8. The minimum Gasteiger partial charge on any atom is -0.339 e. The fourth-order valence-electron chi connectivity index (χ4n) is 2.25. The van der Waals surface area contributed by atoms with Gasteiger partial charge in [0.1, 0.15) is 16.8 Å². The number of halogens is 1. The number of rotatable bonds is 0. The smallest absolute Gasteiger partial charge is 0.143 e. The number of nitrogens with one attached hydrogen (secondary N) is 1. The average Bonchev–Trinajstić information content (AvgIpc) is 2.85. The predicted molar refractivity (Wildman–Crippen MR) is 72.3 cm³/mol. The molecule has 0 atom stereocenters. The molecule has 0 fully saturated rings. The molecule has 0 radical (unpaired) electrons. The summed E-state index contributed by atoms with van der Waals surface area (Å²) in [4.78, 5) is 8.06. The SMILES string of the molecule is Brc1ccc2[nH]c3c(nc4ccccn43)c2c1. The van der Waals surface area contributed by atoms with E-state index in [1.54, 1.807) is 0 Å². The van der Waals surface area contributed by atoms with Crippen LogP contribution in [0.4, 0.5) is 0 Å². The molecule has 1 aromatic carbocycles. The van der Waals surface area contributed by atoms with Gasteiger partial charge in [-0.25, -0.2) is 4.98 Å². The number of aromatic nitrogens is 3. The number of benzene rings is 1. The lowest BCUT2D eigenvalue weighted by Crippen LogP contribution is -1.82. The molecule has 17 heavy (non-hydrogen) atoms. The molecular formula is C13H8BrN3. The fourth-order valence-corrected chi connectivity index (χ4v) is 2.61. The van der Waals surface area contributed by atoms with E-state index in [-0.39, 0.29) is 0 Å². The van der Waals surface area contributed by atoms with E-state index < -0.39 is 0 Å². The van der Waals surface area contributed by atoms with Crippen LogP contribution in [0.5, 0.6) is 0 Å². The van der Waals surface area contributed by atoms with Gasteiger partial charge in [0.25, 0.3) is 0 Å². The van der Waals surface area contributed by atoms with Crippen molar-refractivity contribution >= 4 is 43.6 Å². The maximum absolute atomic E-state index is 4.66. The third kappa shape index (κ3) is 1.18. The topological polar surface area (TPSA) is 33.1 Å². The Hall–Kier alpha value is -1.81. The van der Waals surface area contributed by atoms with Gasteiger partial charge in [-0.05, 0) is 30.3 Å². The van der Waals surface area contributed by atoms with Gasteiger partial charge in [0, 0.05) is 21.6 Å². The van der Waals surface area contributed by atoms with Crippen LogP contribution in [0.1, 0.15) is 0 Å². The number of imidazole rings is 1. The van der Waals surface area contributed by atoms with E-state index in [1.165, 1.54) is 0 Å². The fraction of sp³-hybridized carbons (Fsp3) is 0. The first-order valence-electron chi connectivity index (χ1n) is 5.37. The molecule has 82 valence electrons. The second-order valence-corrected chi connectivity index (χ2v) is 4.97. The number of nitrogens with zero attached hydrogens (tertiary/aromatic N) is 2. The standard InChI is InChI=1S/C13H8BrN3/c14-8-4-5-10-9(7-8)12-13(15-10)17-6-2-1-3-11(17)16-12/h1-7,15H. The van der Waals surface area contributed by atoms with Crippen molar-refractivity contribution in [3.63, 3.8) is 0 Å². The number of hydrogen-bond donors (Lipinski definition) is 1. The zero-order valence-corrected chi connectivity index (χ0v) is 10.4. The largest absolute Gasteiger partial charge is 0.339 e. The lowest BCUT2D eigenvalue weighted by molar-refractivity contribution is 1.20. The van der Waals surface area contributed by atoms with E-state index in [0.717, 1.165) is 32.2 Å². The van der Waals surface area contributed by atoms with E-state index in [0.29, 0.717) is 0 Å². The first kappa shape index (κ1) is 9.24. The maximum Gasteiger partial charge on any atom is 0.143 e. The molecule has 4 heteroatoms. The van der Waals surface area contributed by atoms with Crippen molar-refractivity contribution in [1.29, 1.82) is 0 Å². The molecule has 0 amide bonds. The first-order valence-corrected chi connectivity index (χ1v) is 6.16. The van der Waals surface area contributed by atoms with Gasteiger partial charge in [0.2, 0.25) is 0 Å². The lowest BCUT2D eigenvalue weighted by Gasteiger charge is -1.92. The molecule has 1 N–H and O–H groups in total. The molecule has 0 aliphatic rings. The van der Waals surface area contributed by atoms with E-state index in [1.807, 2.05) is 30.5 Å². The summed E-state index contributed by atoms with van der Waals surface area (Å²) < 4.78 is 3.14. The van der Waals surface area contributed by atoms with Crippen molar-refractivity contribution in [3.05, 3.63) is 47.1 Å². The van der Waals surface area contributed by atoms with Gasteiger partial charge < -0.3 is 4.98 Å². The first-order chi connectivity index (χ1) is 8.33. The molecule has 0 aliphatic heterocycles. The Bertz CT molecular complexity index is 857. The summed E-state index contributed by atoms with van der Waals surface area (Å²) in [5, 5.41) is 1.15. The molecule has 0 bridgehead atoms. The Morgan fingerprint density at radius 1 is 1.18 bits per heavy atom. The molecule has 4 rings (SSSR count). The number of H-pyrrole nitrogens is 1. The van der Waals surface area contributed by atoms with Crippen LogP contribution in [0.2, 0.25) is 0 Å². The van der Waals surface area contributed by atoms with Crippen LogP contribution < -0.4 is 0 Å². The average molecular weight is 286 g/mol. The van der Waals surface area contributed by atoms with Crippen molar-refractivity contribution in [2.24, 2.45) is 0 Å². The van der Waals surface area contributed by atoms with Gasteiger partial charge >= 0.3 is 0 Å². The quantitative estimate of drug-likeness (QED) is 0.525. The minimum atomic E-state index is 0.968. The van der Waals surface area contributed by atoms with Crippen LogP contribution in [-0.4, -0.2) is 14.4 Å². The Balaban J connectivity index is 2.30. The van der Waals surface area contributed by atoms with Crippen LogP contribution in [-0.2, 0) is 0 Å². The molecule has 3 heterocycles. The summed E-state index contributed by atoms with van der Waals surface area (Å²) in [5.74, 6) is 0. The van der Waals surface area contributed by atoms with Crippen molar-refractivity contribution < 1.29 is 0 Å². The second kappa shape index (κ2) is 3.11. The summed E-state index contributed by atoms with van der Waals surface area (Å²) in [7, 11) is 0. The number of fused-ring (bicyclic) bond motifs is 5. The van der Waals surface area contributed by atoms with Crippen molar-refractivity contribution in [2.45, 2.75) is 0 Å². The Morgan fingerprint density at radius 2 is 2.12 bits per heavy atom. The van der Waals surface area contributed by atoms with Gasteiger partial charge in [-0.15, -0.1) is 0 Å². The Kier molecular flexibility index (Phi) is 1.69. The molecule has 0 spiro atoms. The monoisotopic (exact) mass is 285 g/mol. The highest BCUT2D eigenvalue weighted by Crippen LogP contribution is 2.28. The molecule has 0 aliphatic carbocycles. The number of hydrogen-bond acceptors (Lipinski definition) is 1. The molecule has 3 aromatic heterocycles. The molecule has 3 nitrogen and oxygen atoms in total. The zero-order valence-electron chi connectivity index (χ0n) is 8.81. The number of aromatic amines is 1. The highest BCUT2D eigenvalue weighted by molar-refractivity contribution is 9.10. The van der Waals surface area contributed by atoms with E-state index in [4.69, 9.17) is 0 Å². The third-order valence-electron chi connectivity index (χ3n) is 3.02. The van der Waals surface area contributed by atoms with Crippen molar-refractivity contribution in [3.8, 4) is 0 Å². The molecule has 0 saturated heterocycles. The molecule has 0 unspecified atom stereocenters. The van der Waals surface area contributed by atoms with Crippen LogP contribution in [0.15, 0.2) is 47.1 Å². The summed E-state index contributed by atoms with van der Waals surface area (Å²) in [5.41, 5.74) is 4.15. The van der Waals surface area contributed by atoms with Gasteiger partial charge in [-0.1, -0.05) is 22.0 Å². The van der Waals surface area contributed by atoms with Gasteiger partial charge in [0.15, 0.2) is 0 Å². The highest BCUT2D eigenvalue weighted by Gasteiger charge is 2.10. The van der Waals surface area contributed by atoms with Gasteiger partial charge in [0.05, 0.1) is 0 Å². The van der Waals surface area contributed by atoms with Gasteiger partial charge in [-0.3, -0.25) is 4.40 Å². The molecule has 4 aromatic rings. The molecule has 0 saturated carbocycles. The van der Waals surface area contributed by atoms with Crippen LogP contribution in [0.3, 0.4) is 0 Å². The summed E-state index contributed by atoms with van der Waals surface area (Å²) in [6.45, 7) is 0. The second-order valence-electron chi connectivity index (χ2n) is 4.05. The van der Waals surface area contributed by atoms with E-state index >= 15 is 0 Å². The van der Waals surface area contributed by atoms with Crippen LogP contribution in [0.25, 0.3) is 27.7 Å². The van der Waals surface area contributed by atoms with Crippen molar-refractivity contribution in [1.82, 2.24) is 14.4 Å². The highest BCUT2D eigenvalue weighted by atomic mass is 79.9. The van der Waals surface area contributed by atoms with Crippen LogP contribution >= 0.6 is 15.9 Å². The van der Waals surface area contributed by atoms with E-state index in [2.05, 4.69) is 42.4 Å². The van der Waals surface area contributed by atoms with Crippen molar-refractivity contribution in [2.75, 3.05) is 0 Å². The zero-order chi connectivity index (χ0) is 11.4. The predicted octanol–water partition coefficient (Wildman–Crippen LogP) is 3.73. The number of pyridine rings is 1.